The lowest BCUT2D eigenvalue weighted by Crippen LogP contribution is -2.59. The standard InChI is InChI=1S/C28H34N8O3/c1-16-12-35-15-23(31-19(4)25(35)30-16)32-26(37)21-8-9-22(20-10-11-29-33-24(20)21)34-13-17(2)36(18(3)14-34)27(38)39-28(5,6)7/h8-12,15,17-18H,13-14H2,1-7H3,(H,32,37). The summed E-state index contributed by atoms with van der Waals surface area (Å²) < 4.78 is 7.50. The average molecular weight is 531 g/mol. The van der Waals surface area contributed by atoms with Crippen LogP contribution >= 0.6 is 0 Å². The lowest BCUT2D eigenvalue weighted by molar-refractivity contribution is 0.00567. The minimum atomic E-state index is -0.559. The molecule has 1 aliphatic heterocycles. The van der Waals surface area contributed by atoms with E-state index in [0.29, 0.717) is 30.0 Å². The second-order valence-electron chi connectivity index (χ2n) is 11.2. The SMILES string of the molecule is Cc1cn2cc(NC(=O)c3ccc(N4CC(C)N(C(=O)OC(C)(C)C)C(C)C4)c4ccnnc34)nc(C)c2n1. The number of carbonyl (C=O) groups excluding carboxylic acids is 2. The monoisotopic (exact) mass is 530 g/mol. The number of aromatic nitrogens is 5. The van der Waals surface area contributed by atoms with Crippen molar-refractivity contribution in [2.45, 2.75) is 66.2 Å². The third kappa shape index (κ3) is 5.21. The van der Waals surface area contributed by atoms with Crippen LogP contribution in [0, 0.1) is 13.8 Å². The maximum atomic E-state index is 13.4. The highest BCUT2D eigenvalue weighted by molar-refractivity contribution is 6.13. The largest absolute Gasteiger partial charge is 0.444 e. The highest BCUT2D eigenvalue weighted by Gasteiger charge is 2.36. The number of rotatable bonds is 3. The van der Waals surface area contributed by atoms with Crippen LogP contribution < -0.4 is 10.2 Å². The van der Waals surface area contributed by atoms with Gasteiger partial charge in [0.1, 0.15) is 16.9 Å². The number of hydrogen-bond donors (Lipinski definition) is 1. The van der Waals surface area contributed by atoms with E-state index in [9.17, 15) is 9.59 Å². The van der Waals surface area contributed by atoms with Gasteiger partial charge in [0.2, 0.25) is 0 Å². The third-order valence-electron chi connectivity index (χ3n) is 6.74. The summed E-state index contributed by atoms with van der Waals surface area (Å²) >= 11 is 0. The molecule has 11 nitrogen and oxygen atoms in total. The van der Waals surface area contributed by atoms with Gasteiger partial charge in [-0.3, -0.25) is 9.69 Å². The summed E-state index contributed by atoms with van der Waals surface area (Å²) in [5, 5.41) is 12.1. The Morgan fingerprint density at radius 1 is 1.03 bits per heavy atom. The fraction of sp³-hybridized carbons (Fsp3) is 0.429. The molecular weight excluding hydrogens is 496 g/mol. The van der Waals surface area contributed by atoms with Crippen molar-refractivity contribution in [1.82, 2.24) is 29.5 Å². The summed E-state index contributed by atoms with van der Waals surface area (Å²) in [6.07, 6.45) is 4.95. The number of imidazole rings is 1. The summed E-state index contributed by atoms with van der Waals surface area (Å²) in [6, 6.07) is 5.42. The van der Waals surface area contributed by atoms with Gasteiger partial charge in [0.25, 0.3) is 5.91 Å². The number of ether oxygens (including phenoxy) is 1. The molecule has 0 aliphatic carbocycles. The van der Waals surface area contributed by atoms with Crippen LogP contribution in [0.4, 0.5) is 16.3 Å². The van der Waals surface area contributed by atoms with Gasteiger partial charge in [-0.1, -0.05) is 0 Å². The Morgan fingerprint density at radius 2 is 1.74 bits per heavy atom. The molecule has 2 amide bonds. The van der Waals surface area contributed by atoms with Gasteiger partial charge in [-0.25, -0.2) is 14.8 Å². The first kappa shape index (κ1) is 26.3. The van der Waals surface area contributed by atoms with E-state index in [1.165, 1.54) is 0 Å². The minimum absolute atomic E-state index is 0.0764. The first-order chi connectivity index (χ1) is 18.4. The molecule has 0 spiro atoms. The number of nitrogens with one attached hydrogen (secondary N) is 1. The molecule has 1 aliphatic rings. The molecule has 1 aromatic carbocycles. The maximum Gasteiger partial charge on any atom is 0.410 e. The van der Waals surface area contributed by atoms with Crippen molar-refractivity contribution in [3.8, 4) is 0 Å². The number of aryl methyl sites for hydroxylation is 2. The first-order valence-electron chi connectivity index (χ1n) is 13.1. The molecule has 1 N–H and O–H groups in total. The van der Waals surface area contributed by atoms with Crippen LogP contribution in [0.25, 0.3) is 16.6 Å². The summed E-state index contributed by atoms with van der Waals surface area (Å²) in [4.78, 5) is 39.3. The molecule has 0 saturated carbocycles. The molecule has 1 saturated heterocycles. The molecule has 11 heteroatoms. The fourth-order valence-electron chi connectivity index (χ4n) is 5.24. The van der Waals surface area contributed by atoms with Gasteiger partial charge in [0, 0.05) is 30.4 Å². The van der Waals surface area contributed by atoms with E-state index >= 15 is 0 Å². The normalized spacial score (nSPS) is 18.0. The predicted octanol–water partition coefficient (Wildman–Crippen LogP) is 4.38. The Hall–Kier alpha value is -4.28. The van der Waals surface area contributed by atoms with Crippen molar-refractivity contribution in [1.29, 1.82) is 0 Å². The Morgan fingerprint density at radius 3 is 2.44 bits per heavy atom. The molecule has 2 unspecified atom stereocenters. The summed E-state index contributed by atoms with van der Waals surface area (Å²) in [5.74, 6) is 0.0936. The van der Waals surface area contributed by atoms with E-state index in [1.54, 1.807) is 23.4 Å². The van der Waals surface area contributed by atoms with E-state index in [4.69, 9.17) is 4.74 Å². The zero-order valence-electron chi connectivity index (χ0n) is 23.4. The molecule has 4 heterocycles. The predicted molar refractivity (Wildman–Crippen MR) is 149 cm³/mol. The zero-order valence-corrected chi connectivity index (χ0v) is 23.4. The smallest absolute Gasteiger partial charge is 0.410 e. The zero-order chi connectivity index (χ0) is 28.1. The maximum absolute atomic E-state index is 13.4. The van der Waals surface area contributed by atoms with E-state index in [2.05, 4.69) is 30.4 Å². The van der Waals surface area contributed by atoms with Crippen LogP contribution in [0.3, 0.4) is 0 Å². The molecule has 1 fully saturated rings. The lowest BCUT2D eigenvalue weighted by Gasteiger charge is -2.45. The molecule has 2 atom stereocenters. The molecular formula is C28H34N8O3. The molecule has 3 aromatic heterocycles. The van der Waals surface area contributed by atoms with Crippen molar-refractivity contribution >= 4 is 40.1 Å². The van der Waals surface area contributed by atoms with Crippen molar-refractivity contribution in [2.75, 3.05) is 23.3 Å². The van der Waals surface area contributed by atoms with Gasteiger partial charge in [-0.2, -0.15) is 5.10 Å². The topological polar surface area (TPSA) is 118 Å². The van der Waals surface area contributed by atoms with E-state index in [-0.39, 0.29) is 24.1 Å². The van der Waals surface area contributed by atoms with E-state index < -0.39 is 5.60 Å². The Balaban J connectivity index is 1.42. The van der Waals surface area contributed by atoms with Crippen LogP contribution in [0.2, 0.25) is 0 Å². The number of anilines is 2. The first-order valence-corrected chi connectivity index (χ1v) is 13.1. The third-order valence-corrected chi connectivity index (χ3v) is 6.74. The molecule has 39 heavy (non-hydrogen) atoms. The van der Waals surface area contributed by atoms with Gasteiger partial charge >= 0.3 is 6.09 Å². The average Bonchev–Trinajstić information content (AvgIpc) is 3.22. The molecule has 5 rings (SSSR count). The minimum Gasteiger partial charge on any atom is -0.444 e. The quantitative estimate of drug-likeness (QED) is 0.415. The number of nitrogens with zero attached hydrogens (tertiary/aromatic N) is 7. The molecule has 204 valence electrons. The summed E-state index contributed by atoms with van der Waals surface area (Å²) in [5.41, 5.74) is 3.61. The highest BCUT2D eigenvalue weighted by Crippen LogP contribution is 2.32. The van der Waals surface area contributed by atoms with Crippen molar-refractivity contribution in [2.24, 2.45) is 0 Å². The van der Waals surface area contributed by atoms with Crippen molar-refractivity contribution in [3.63, 3.8) is 0 Å². The van der Waals surface area contributed by atoms with Crippen LogP contribution in [0.15, 0.2) is 36.8 Å². The lowest BCUT2D eigenvalue weighted by atomic mass is 10.0. The van der Waals surface area contributed by atoms with Crippen LogP contribution in [-0.4, -0.2) is 72.2 Å². The number of benzene rings is 1. The van der Waals surface area contributed by atoms with Gasteiger partial charge in [0.05, 0.1) is 41.4 Å². The van der Waals surface area contributed by atoms with Crippen LogP contribution in [0.1, 0.15) is 56.4 Å². The number of carbonyl (C=O) groups is 2. The van der Waals surface area contributed by atoms with Gasteiger partial charge in [0.15, 0.2) is 5.65 Å². The van der Waals surface area contributed by atoms with E-state index in [0.717, 1.165) is 28.1 Å². The number of hydrogen-bond acceptors (Lipinski definition) is 8. The fourth-order valence-corrected chi connectivity index (χ4v) is 5.24. The van der Waals surface area contributed by atoms with Gasteiger partial charge in [-0.05, 0) is 66.7 Å². The Labute approximate surface area is 227 Å². The van der Waals surface area contributed by atoms with E-state index in [1.807, 2.05) is 71.2 Å². The van der Waals surface area contributed by atoms with Crippen LogP contribution in [0.5, 0.6) is 0 Å². The van der Waals surface area contributed by atoms with Crippen molar-refractivity contribution < 1.29 is 14.3 Å². The number of amides is 2. The Kier molecular flexibility index (Phi) is 6.61. The molecule has 0 radical (unpaired) electrons. The highest BCUT2D eigenvalue weighted by atomic mass is 16.6. The summed E-state index contributed by atoms with van der Waals surface area (Å²) in [6.45, 7) is 14.6. The van der Waals surface area contributed by atoms with Crippen molar-refractivity contribution in [3.05, 3.63) is 53.7 Å². The second-order valence-corrected chi connectivity index (χ2v) is 11.2. The molecule has 0 bridgehead atoms. The number of piperazine rings is 1. The van der Waals surface area contributed by atoms with Gasteiger partial charge in [-0.15, -0.1) is 5.10 Å². The van der Waals surface area contributed by atoms with Gasteiger partial charge < -0.3 is 19.4 Å². The molecule has 4 aromatic rings. The van der Waals surface area contributed by atoms with Crippen LogP contribution in [-0.2, 0) is 4.74 Å². The number of fused-ring (bicyclic) bond motifs is 2. The summed E-state index contributed by atoms with van der Waals surface area (Å²) in [7, 11) is 0. The Bertz CT molecular complexity index is 1560. The second kappa shape index (κ2) is 9.79.